The van der Waals surface area contributed by atoms with Crippen molar-refractivity contribution in [3.05, 3.63) is 51.3 Å². The molecule has 0 radical (unpaired) electrons. The van der Waals surface area contributed by atoms with Crippen LogP contribution in [-0.4, -0.2) is 20.4 Å². The molecule has 1 heterocycles. The molecule has 2 aromatic rings. The molecule has 0 saturated heterocycles. The van der Waals surface area contributed by atoms with Crippen LogP contribution in [0.2, 0.25) is 10.0 Å². The highest BCUT2D eigenvalue weighted by Gasteiger charge is 2.24. The third-order valence-electron chi connectivity index (χ3n) is 3.27. The van der Waals surface area contributed by atoms with Crippen molar-refractivity contribution in [2.24, 2.45) is 0 Å². The first-order valence-corrected chi connectivity index (χ1v) is 10.1. The number of hydrogen-bond donors (Lipinski definition) is 2. The zero-order valence-corrected chi connectivity index (χ0v) is 16.1. The lowest BCUT2D eigenvalue weighted by atomic mass is 10.1. The molecule has 1 aromatic carbocycles. The van der Waals surface area contributed by atoms with Gasteiger partial charge in [-0.2, -0.15) is 4.72 Å². The van der Waals surface area contributed by atoms with Crippen LogP contribution in [0.1, 0.15) is 25.5 Å². The van der Waals surface area contributed by atoms with Gasteiger partial charge < -0.3 is 5.32 Å². The summed E-state index contributed by atoms with van der Waals surface area (Å²) in [5.41, 5.74) is 0.697. The van der Waals surface area contributed by atoms with Gasteiger partial charge in [-0.05, 0) is 43.0 Å². The molecule has 0 saturated carbocycles. The van der Waals surface area contributed by atoms with Crippen LogP contribution in [0, 0.1) is 0 Å². The van der Waals surface area contributed by atoms with Crippen LogP contribution in [-0.2, 0) is 14.8 Å². The summed E-state index contributed by atoms with van der Waals surface area (Å²) in [5, 5.41) is 5.32. The average Bonchev–Trinajstić information content (AvgIpc) is 3.01. The number of sulfonamides is 1. The summed E-state index contributed by atoms with van der Waals surface area (Å²) in [7, 11) is -3.71. The Morgan fingerprint density at radius 1 is 1.21 bits per heavy atom. The lowest BCUT2D eigenvalue weighted by molar-refractivity contribution is -0.123. The number of amides is 1. The first-order valence-electron chi connectivity index (χ1n) is 7.02. The topological polar surface area (TPSA) is 75.3 Å². The molecule has 2 unspecified atom stereocenters. The van der Waals surface area contributed by atoms with Gasteiger partial charge in [-0.3, -0.25) is 4.79 Å². The standard InChI is InChI=1S/C15H16Cl2N2O3S2/c1-9(12-6-5-11(16)8-13(12)17)18-15(20)10(2)19-24(21,22)14-4-3-7-23-14/h3-10,19H,1-2H3,(H,18,20). The van der Waals surface area contributed by atoms with Crippen molar-refractivity contribution in [3.63, 3.8) is 0 Å². The SMILES string of the molecule is CC(NS(=O)(=O)c1cccs1)C(=O)NC(C)c1ccc(Cl)cc1Cl. The van der Waals surface area contributed by atoms with E-state index in [1.165, 1.54) is 13.0 Å². The summed E-state index contributed by atoms with van der Waals surface area (Å²) < 4.78 is 26.8. The number of thiophene rings is 1. The van der Waals surface area contributed by atoms with Gasteiger partial charge in [0.2, 0.25) is 5.91 Å². The van der Waals surface area contributed by atoms with Gasteiger partial charge in [0.05, 0.1) is 12.1 Å². The van der Waals surface area contributed by atoms with Crippen LogP contribution >= 0.6 is 34.5 Å². The minimum absolute atomic E-state index is 0.163. The highest BCUT2D eigenvalue weighted by molar-refractivity contribution is 7.91. The second kappa shape index (κ2) is 7.84. The van der Waals surface area contributed by atoms with Crippen LogP contribution in [0.5, 0.6) is 0 Å². The second-order valence-corrected chi connectivity index (χ2v) is 8.90. The van der Waals surface area contributed by atoms with E-state index in [2.05, 4.69) is 10.0 Å². The highest BCUT2D eigenvalue weighted by atomic mass is 35.5. The second-order valence-electron chi connectivity index (χ2n) is 5.17. The molecule has 9 heteroatoms. The first kappa shape index (κ1) is 19.2. The van der Waals surface area contributed by atoms with Gasteiger partial charge in [0.1, 0.15) is 4.21 Å². The molecule has 1 amide bonds. The number of nitrogens with one attached hydrogen (secondary N) is 2. The Bertz CT molecular complexity index is 823. The normalized spacial score (nSPS) is 14.2. The van der Waals surface area contributed by atoms with Gasteiger partial charge in [-0.15, -0.1) is 11.3 Å². The maximum Gasteiger partial charge on any atom is 0.250 e. The third kappa shape index (κ3) is 4.70. The van der Waals surface area contributed by atoms with E-state index < -0.39 is 28.0 Å². The molecule has 130 valence electrons. The van der Waals surface area contributed by atoms with E-state index >= 15 is 0 Å². The predicted molar refractivity (Wildman–Crippen MR) is 97.1 cm³/mol. The fraction of sp³-hybridized carbons (Fsp3) is 0.267. The van der Waals surface area contributed by atoms with E-state index in [-0.39, 0.29) is 4.21 Å². The molecule has 0 fully saturated rings. The number of hydrogen-bond acceptors (Lipinski definition) is 4. The number of rotatable bonds is 6. The summed E-state index contributed by atoms with van der Waals surface area (Å²) >= 11 is 13.1. The van der Waals surface area contributed by atoms with Crippen molar-refractivity contribution in [2.75, 3.05) is 0 Å². The molecule has 1 aromatic heterocycles. The Morgan fingerprint density at radius 3 is 2.50 bits per heavy atom. The molecular weight excluding hydrogens is 391 g/mol. The number of benzene rings is 1. The van der Waals surface area contributed by atoms with Gasteiger partial charge in [-0.1, -0.05) is 35.3 Å². The molecule has 0 spiro atoms. The number of carbonyl (C=O) groups excluding carboxylic acids is 1. The van der Waals surface area contributed by atoms with Gasteiger partial charge >= 0.3 is 0 Å². The summed E-state index contributed by atoms with van der Waals surface area (Å²) in [5.74, 6) is -0.450. The number of carbonyl (C=O) groups is 1. The first-order chi connectivity index (χ1) is 11.2. The third-order valence-corrected chi connectivity index (χ3v) is 6.77. The minimum atomic E-state index is -3.71. The van der Waals surface area contributed by atoms with E-state index in [0.717, 1.165) is 11.3 Å². The monoisotopic (exact) mass is 406 g/mol. The zero-order valence-electron chi connectivity index (χ0n) is 12.9. The van der Waals surface area contributed by atoms with Gasteiger partial charge in [0.25, 0.3) is 10.0 Å². The van der Waals surface area contributed by atoms with Crippen molar-refractivity contribution in [3.8, 4) is 0 Å². The van der Waals surface area contributed by atoms with Crippen molar-refractivity contribution >= 4 is 50.5 Å². The van der Waals surface area contributed by atoms with E-state index in [1.54, 1.807) is 36.6 Å². The number of halogens is 2. The highest BCUT2D eigenvalue weighted by Crippen LogP contribution is 2.26. The van der Waals surface area contributed by atoms with Crippen molar-refractivity contribution in [2.45, 2.75) is 30.1 Å². The minimum Gasteiger partial charge on any atom is -0.348 e. The van der Waals surface area contributed by atoms with Gasteiger partial charge in [0, 0.05) is 10.0 Å². The molecule has 2 N–H and O–H groups in total. The summed E-state index contributed by atoms with van der Waals surface area (Å²) in [6.45, 7) is 3.24. The smallest absolute Gasteiger partial charge is 0.250 e. The van der Waals surface area contributed by atoms with E-state index in [0.29, 0.717) is 15.6 Å². The van der Waals surface area contributed by atoms with Crippen molar-refractivity contribution in [1.82, 2.24) is 10.0 Å². The lowest BCUT2D eigenvalue weighted by Crippen LogP contribution is -2.45. The Balaban J connectivity index is 2.03. The molecular formula is C15H16Cl2N2O3S2. The van der Waals surface area contributed by atoms with E-state index in [1.807, 2.05) is 0 Å². The molecule has 2 atom stereocenters. The molecule has 0 bridgehead atoms. The lowest BCUT2D eigenvalue weighted by Gasteiger charge is -2.19. The zero-order chi connectivity index (χ0) is 17.9. The Kier molecular flexibility index (Phi) is 6.28. The van der Waals surface area contributed by atoms with Crippen molar-refractivity contribution in [1.29, 1.82) is 0 Å². The fourth-order valence-corrected chi connectivity index (χ4v) is 4.81. The summed E-state index contributed by atoms with van der Waals surface area (Å²) in [6, 6.07) is 6.78. The van der Waals surface area contributed by atoms with Gasteiger partial charge in [0.15, 0.2) is 0 Å². The summed E-state index contributed by atoms with van der Waals surface area (Å²) in [4.78, 5) is 12.2. The quantitative estimate of drug-likeness (QED) is 0.769. The van der Waals surface area contributed by atoms with Crippen LogP contribution < -0.4 is 10.0 Å². The molecule has 2 rings (SSSR count). The Labute approximate surface area is 155 Å². The fourth-order valence-electron chi connectivity index (χ4n) is 2.03. The molecule has 5 nitrogen and oxygen atoms in total. The predicted octanol–water partition coefficient (Wildman–Crippen LogP) is 3.60. The van der Waals surface area contributed by atoms with Gasteiger partial charge in [-0.25, -0.2) is 8.42 Å². The average molecular weight is 407 g/mol. The largest absolute Gasteiger partial charge is 0.348 e. The molecule has 0 aliphatic carbocycles. The van der Waals surface area contributed by atoms with E-state index in [9.17, 15) is 13.2 Å². The van der Waals surface area contributed by atoms with Crippen molar-refractivity contribution < 1.29 is 13.2 Å². The Hall–Kier alpha value is -1.12. The van der Waals surface area contributed by atoms with Crippen LogP contribution in [0.25, 0.3) is 0 Å². The Morgan fingerprint density at radius 2 is 1.92 bits per heavy atom. The summed E-state index contributed by atoms with van der Waals surface area (Å²) in [6.07, 6.45) is 0. The molecule has 0 aliphatic heterocycles. The maximum atomic E-state index is 12.2. The van der Waals surface area contributed by atoms with Crippen LogP contribution in [0.3, 0.4) is 0 Å². The molecule has 0 aliphatic rings. The maximum absolute atomic E-state index is 12.2. The van der Waals surface area contributed by atoms with Crippen LogP contribution in [0.4, 0.5) is 0 Å². The molecule has 24 heavy (non-hydrogen) atoms. The van der Waals surface area contributed by atoms with E-state index in [4.69, 9.17) is 23.2 Å². The van der Waals surface area contributed by atoms with Crippen LogP contribution in [0.15, 0.2) is 39.9 Å².